The number of fused-ring (bicyclic) bond motifs is 2. The van der Waals surface area contributed by atoms with Gasteiger partial charge in [-0.15, -0.1) is 0 Å². The van der Waals surface area contributed by atoms with Gasteiger partial charge in [0, 0.05) is 42.3 Å². The number of benzene rings is 2. The largest absolute Gasteiger partial charge is 0.453 e. The molecule has 2 heterocycles. The third-order valence-corrected chi connectivity index (χ3v) is 10.00. The van der Waals surface area contributed by atoms with E-state index < -0.39 is 45.6 Å². The maximum absolute atomic E-state index is 15.2. The van der Waals surface area contributed by atoms with E-state index in [0.29, 0.717) is 37.9 Å². The Morgan fingerprint density at radius 1 is 1.14 bits per heavy atom. The number of halogens is 2. The standard InChI is InChI=1S/C30H40F2N4O5S/c1-19(2)16-25(20-9-11-21(31)12-10-20)28(35-30(38)41-3)29(37)34-27-8-4-7-26(32)24(27)14-13-23-17-33-22-6-5-15-42(39,40)36(23)18-22/h4,7-12,19,22-23,25,28,33H,5-6,13-18H2,1-3H3,(H,34,37)(H,35,38)/t22-,23?,25-,28+/m1/s1. The van der Waals surface area contributed by atoms with Gasteiger partial charge in [0.2, 0.25) is 15.9 Å². The van der Waals surface area contributed by atoms with Crippen molar-refractivity contribution in [3.05, 3.63) is 65.2 Å². The average Bonchev–Trinajstić information content (AvgIpc) is 3.06. The van der Waals surface area contributed by atoms with Gasteiger partial charge < -0.3 is 20.7 Å². The molecule has 2 aromatic carbocycles. The number of anilines is 1. The highest BCUT2D eigenvalue weighted by atomic mass is 32.2. The number of sulfonamides is 1. The minimum Gasteiger partial charge on any atom is -0.453 e. The molecule has 2 fully saturated rings. The molecule has 2 bridgehead atoms. The van der Waals surface area contributed by atoms with E-state index in [0.717, 1.165) is 6.42 Å². The maximum Gasteiger partial charge on any atom is 0.407 e. The molecular formula is C30H40F2N4O5S. The normalized spacial score (nSPS) is 23.0. The molecule has 230 valence electrons. The molecule has 9 nitrogen and oxygen atoms in total. The number of hydrogen-bond acceptors (Lipinski definition) is 6. The molecule has 0 aromatic heterocycles. The van der Waals surface area contributed by atoms with Crippen molar-refractivity contribution in [3.63, 3.8) is 0 Å². The Kier molecular flexibility index (Phi) is 10.6. The Labute approximate surface area is 246 Å². The van der Waals surface area contributed by atoms with E-state index in [1.807, 2.05) is 13.8 Å². The van der Waals surface area contributed by atoms with Gasteiger partial charge in [-0.05, 0) is 67.9 Å². The molecule has 2 aromatic rings. The number of carbonyl (C=O) groups excluding carboxylic acids is 2. The second-order valence-electron chi connectivity index (χ2n) is 11.5. The molecule has 2 saturated heterocycles. The summed E-state index contributed by atoms with van der Waals surface area (Å²) >= 11 is 0. The smallest absolute Gasteiger partial charge is 0.407 e. The first-order valence-electron chi connectivity index (χ1n) is 14.4. The molecular weight excluding hydrogens is 566 g/mol. The molecule has 0 saturated carbocycles. The summed E-state index contributed by atoms with van der Waals surface area (Å²) < 4.78 is 61.0. The summed E-state index contributed by atoms with van der Waals surface area (Å²) in [5, 5.41) is 8.84. The first-order valence-corrected chi connectivity index (χ1v) is 16.0. The number of alkyl carbamates (subject to hydrolysis) is 1. The number of piperazine rings is 1. The minimum absolute atomic E-state index is 0.100. The van der Waals surface area contributed by atoms with E-state index >= 15 is 4.39 Å². The molecule has 3 N–H and O–H groups in total. The van der Waals surface area contributed by atoms with Crippen LogP contribution in [0.3, 0.4) is 0 Å². The van der Waals surface area contributed by atoms with E-state index in [1.165, 1.54) is 31.4 Å². The van der Waals surface area contributed by atoms with Crippen molar-refractivity contribution in [2.45, 2.75) is 70.0 Å². The summed E-state index contributed by atoms with van der Waals surface area (Å²) in [7, 11) is -2.21. The first-order chi connectivity index (χ1) is 20.0. The van der Waals surface area contributed by atoms with Crippen LogP contribution in [0.1, 0.15) is 56.6 Å². The van der Waals surface area contributed by atoms with Crippen LogP contribution in [0.15, 0.2) is 42.5 Å². The van der Waals surface area contributed by atoms with E-state index in [2.05, 4.69) is 16.0 Å². The second kappa shape index (κ2) is 13.9. The fourth-order valence-corrected chi connectivity index (χ4v) is 7.72. The SMILES string of the molecule is COC(=O)N[C@H](C(=O)Nc1cccc(F)c1CCC1CN[C@@H]2CCCS(=O)(=O)N1C2)[C@H](CC(C)C)c1ccc(F)cc1. The van der Waals surface area contributed by atoms with Crippen LogP contribution >= 0.6 is 0 Å². The van der Waals surface area contributed by atoms with E-state index in [-0.39, 0.29) is 41.4 Å². The predicted molar refractivity (Wildman–Crippen MR) is 157 cm³/mol. The molecule has 0 spiro atoms. The van der Waals surface area contributed by atoms with Crippen molar-refractivity contribution in [1.29, 1.82) is 0 Å². The van der Waals surface area contributed by atoms with Gasteiger partial charge in [0.15, 0.2) is 0 Å². The van der Waals surface area contributed by atoms with Gasteiger partial charge >= 0.3 is 6.09 Å². The van der Waals surface area contributed by atoms with Crippen LogP contribution in [0.5, 0.6) is 0 Å². The zero-order chi connectivity index (χ0) is 30.4. The summed E-state index contributed by atoms with van der Waals surface area (Å²) in [4.78, 5) is 26.1. The van der Waals surface area contributed by atoms with E-state index in [9.17, 15) is 22.4 Å². The first kappa shape index (κ1) is 31.8. The van der Waals surface area contributed by atoms with Crippen LogP contribution in [0.25, 0.3) is 0 Å². The summed E-state index contributed by atoms with van der Waals surface area (Å²) in [6.07, 6.45) is 1.62. The summed E-state index contributed by atoms with van der Waals surface area (Å²) in [5.74, 6) is -1.84. The van der Waals surface area contributed by atoms with Crippen molar-refractivity contribution in [1.82, 2.24) is 14.9 Å². The number of nitrogens with one attached hydrogen (secondary N) is 3. The van der Waals surface area contributed by atoms with Gasteiger partial charge in [0.25, 0.3) is 0 Å². The molecule has 0 radical (unpaired) electrons. The van der Waals surface area contributed by atoms with Crippen LogP contribution < -0.4 is 16.0 Å². The molecule has 2 aliphatic rings. The molecule has 12 heteroatoms. The Balaban J connectivity index is 1.58. The van der Waals surface area contributed by atoms with E-state index in [1.54, 1.807) is 22.5 Å². The van der Waals surface area contributed by atoms with Gasteiger partial charge in [-0.2, -0.15) is 4.31 Å². The minimum atomic E-state index is -3.40. The highest BCUT2D eigenvalue weighted by Crippen LogP contribution is 2.31. The monoisotopic (exact) mass is 606 g/mol. The zero-order valence-electron chi connectivity index (χ0n) is 24.2. The number of hydrogen-bond donors (Lipinski definition) is 3. The quantitative estimate of drug-likeness (QED) is 0.374. The van der Waals surface area contributed by atoms with Crippen LogP contribution in [0.2, 0.25) is 0 Å². The highest BCUT2D eigenvalue weighted by Gasteiger charge is 2.38. The lowest BCUT2D eigenvalue weighted by atomic mass is 9.84. The van der Waals surface area contributed by atoms with Gasteiger partial charge in [-0.1, -0.05) is 32.0 Å². The topological polar surface area (TPSA) is 117 Å². The van der Waals surface area contributed by atoms with Crippen molar-refractivity contribution >= 4 is 27.7 Å². The number of rotatable bonds is 10. The lowest BCUT2D eigenvalue weighted by Gasteiger charge is -2.37. The van der Waals surface area contributed by atoms with Crippen LogP contribution in [0, 0.1) is 17.6 Å². The van der Waals surface area contributed by atoms with Crippen molar-refractivity contribution < 1.29 is 31.5 Å². The third-order valence-electron chi connectivity index (χ3n) is 8.03. The molecule has 4 rings (SSSR count). The van der Waals surface area contributed by atoms with Crippen LogP contribution in [0.4, 0.5) is 19.3 Å². The highest BCUT2D eigenvalue weighted by molar-refractivity contribution is 7.89. The number of carbonyl (C=O) groups is 2. The lowest BCUT2D eigenvalue weighted by Crippen LogP contribution is -2.57. The van der Waals surface area contributed by atoms with Gasteiger partial charge in [-0.25, -0.2) is 22.0 Å². The van der Waals surface area contributed by atoms with Crippen molar-refractivity contribution in [2.24, 2.45) is 5.92 Å². The summed E-state index contributed by atoms with van der Waals surface area (Å²) in [5.41, 5.74) is 1.14. The molecule has 5 atom stereocenters. The maximum atomic E-state index is 15.2. The third kappa shape index (κ3) is 7.84. The Morgan fingerprint density at radius 3 is 2.57 bits per heavy atom. The van der Waals surface area contributed by atoms with Crippen LogP contribution in [-0.2, 0) is 26.0 Å². The second-order valence-corrected chi connectivity index (χ2v) is 13.5. The zero-order valence-corrected chi connectivity index (χ0v) is 25.1. The molecule has 2 amide bonds. The fraction of sp³-hybridized carbons (Fsp3) is 0.533. The van der Waals surface area contributed by atoms with Gasteiger partial charge in [0.05, 0.1) is 12.9 Å². The summed E-state index contributed by atoms with van der Waals surface area (Å²) in [6.45, 7) is 4.82. The van der Waals surface area contributed by atoms with E-state index in [4.69, 9.17) is 4.74 Å². The fourth-order valence-electron chi connectivity index (χ4n) is 5.91. The summed E-state index contributed by atoms with van der Waals surface area (Å²) in [6, 6.07) is 8.78. The molecule has 2 aliphatic heterocycles. The Morgan fingerprint density at radius 2 is 1.88 bits per heavy atom. The van der Waals surface area contributed by atoms with Crippen molar-refractivity contribution in [3.8, 4) is 0 Å². The molecule has 42 heavy (non-hydrogen) atoms. The number of ether oxygens (including phenoxy) is 1. The number of nitrogens with zero attached hydrogens (tertiary/aromatic N) is 1. The van der Waals surface area contributed by atoms with Gasteiger partial charge in [-0.3, -0.25) is 4.79 Å². The molecule has 0 aliphatic carbocycles. The van der Waals surface area contributed by atoms with Gasteiger partial charge in [0.1, 0.15) is 17.7 Å². The number of amides is 2. The van der Waals surface area contributed by atoms with Crippen LogP contribution in [-0.4, -0.2) is 68.8 Å². The number of methoxy groups -OCH3 is 1. The lowest BCUT2D eigenvalue weighted by molar-refractivity contribution is -0.118. The average molecular weight is 607 g/mol. The Bertz CT molecular complexity index is 1360. The Hall–Kier alpha value is -3.09. The van der Waals surface area contributed by atoms with Crippen molar-refractivity contribution in [2.75, 3.05) is 31.3 Å². The molecule has 2 unspecified atom stereocenters. The predicted octanol–water partition coefficient (Wildman–Crippen LogP) is 4.16.